The molecule has 1 unspecified atom stereocenters. The van der Waals surface area contributed by atoms with E-state index < -0.39 is 11.7 Å². The summed E-state index contributed by atoms with van der Waals surface area (Å²) in [7, 11) is 0. The second kappa shape index (κ2) is 2.09. The molecule has 0 aliphatic carbocycles. The average molecular weight is 142 g/mol. The summed E-state index contributed by atoms with van der Waals surface area (Å²) in [4.78, 5) is 10.8. The number of ketones is 1. The first-order chi connectivity index (χ1) is 4.54. The molecule has 0 saturated heterocycles. The molecule has 1 N–H and O–H groups in total. The molecule has 0 aromatic heterocycles. The molecule has 1 atom stereocenters. The zero-order chi connectivity index (χ0) is 7.78. The predicted octanol–water partition coefficient (Wildman–Crippen LogP) is 0.239. The third-order valence-corrected chi connectivity index (χ3v) is 1.53. The van der Waals surface area contributed by atoms with Crippen LogP contribution in [0.5, 0.6) is 0 Å². The second-order valence-electron chi connectivity index (χ2n) is 2.83. The van der Waals surface area contributed by atoms with Crippen LogP contribution in [0, 0.1) is 0 Å². The summed E-state index contributed by atoms with van der Waals surface area (Å²) in [6.07, 6.45) is 1.52. The van der Waals surface area contributed by atoms with E-state index in [1.54, 1.807) is 13.8 Å². The molecule has 0 bridgehead atoms. The van der Waals surface area contributed by atoms with Crippen molar-refractivity contribution in [2.24, 2.45) is 0 Å². The maximum atomic E-state index is 10.8. The fourth-order valence-electron chi connectivity index (χ4n) is 0.775. The van der Waals surface area contributed by atoms with E-state index in [1.807, 2.05) is 0 Å². The number of hydrogen-bond donors (Lipinski definition) is 1. The fraction of sp³-hybridized carbons (Fsp3) is 0.571. The zero-order valence-electron chi connectivity index (χ0n) is 6.00. The molecule has 1 aliphatic rings. The Bertz CT molecular complexity index is 181. The Morgan fingerprint density at radius 2 is 2.30 bits per heavy atom. The molecule has 0 aromatic rings. The van der Waals surface area contributed by atoms with Crippen LogP contribution >= 0.6 is 0 Å². The van der Waals surface area contributed by atoms with Gasteiger partial charge in [-0.15, -0.1) is 0 Å². The lowest BCUT2D eigenvalue weighted by Gasteiger charge is -2.30. The summed E-state index contributed by atoms with van der Waals surface area (Å²) >= 11 is 0. The minimum Gasteiger partial charge on any atom is -0.492 e. The summed E-state index contributed by atoms with van der Waals surface area (Å²) in [6.45, 7) is 3.33. The average Bonchev–Trinajstić information content (AvgIpc) is 1.83. The maximum absolute atomic E-state index is 10.8. The lowest BCUT2D eigenvalue weighted by molar-refractivity contribution is -0.139. The van der Waals surface area contributed by atoms with Gasteiger partial charge in [0.1, 0.15) is 5.60 Å². The van der Waals surface area contributed by atoms with Gasteiger partial charge in [-0.3, -0.25) is 4.79 Å². The summed E-state index contributed by atoms with van der Waals surface area (Å²) in [5.41, 5.74) is -0.772. The Labute approximate surface area is 59.3 Å². The van der Waals surface area contributed by atoms with Crippen molar-refractivity contribution < 1.29 is 14.6 Å². The van der Waals surface area contributed by atoms with Gasteiger partial charge >= 0.3 is 0 Å². The van der Waals surface area contributed by atoms with Crippen LogP contribution in [0.2, 0.25) is 0 Å². The molecule has 3 nitrogen and oxygen atoms in total. The predicted molar refractivity (Wildman–Crippen MR) is 35.3 cm³/mol. The molecule has 0 aromatic carbocycles. The lowest BCUT2D eigenvalue weighted by Crippen LogP contribution is -2.45. The van der Waals surface area contributed by atoms with Gasteiger partial charge in [0.05, 0.1) is 6.26 Å². The Kier molecular flexibility index (Phi) is 1.52. The summed E-state index contributed by atoms with van der Waals surface area (Å²) < 4.78 is 5.00. The van der Waals surface area contributed by atoms with Crippen LogP contribution in [0.25, 0.3) is 0 Å². The second-order valence-corrected chi connectivity index (χ2v) is 2.83. The molecule has 0 amide bonds. The van der Waals surface area contributed by atoms with Gasteiger partial charge in [0.2, 0.25) is 0 Å². The van der Waals surface area contributed by atoms with Gasteiger partial charge in [-0.05, 0) is 13.8 Å². The standard InChI is InChI=1S/C7H10O3/c1-7(2)6(9)5(8)3-4-10-7/h3-4,6,9H,1-2H3. The summed E-state index contributed by atoms with van der Waals surface area (Å²) in [6, 6.07) is 0. The van der Waals surface area contributed by atoms with Crippen molar-refractivity contribution >= 4 is 5.78 Å². The minimum absolute atomic E-state index is 0.295. The van der Waals surface area contributed by atoms with Gasteiger partial charge < -0.3 is 9.84 Å². The molecule has 3 heteroatoms. The van der Waals surface area contributed by atoms with E-state index in [-0.39, 0.29) is 5.78 Å². The Balaban J connectivity index is 2.85. The number of carbonyl (C=O) groups is 1. The van der Waals surface area contributed by atoms with Gasteiger partial charge in [-0.1, -0.05) is 0 Å². The van der Waals surface area contributed by atoms with E-state index in [1.165, 1.54) is 12.3 Å². The molecule has 0 radical (unpaired) electrons. The quantitative estimate of drug-likeness (QED) is 0.527. The zero-order valence-corrected chi connectivity index (χ0v) is 6.00. The number of aliphatic hydroxyl groups excluding tert-OH is 1. The SMILES string of the molecule is CC1(C)OC=CC(=O)C1O. The van der Waals surface area contributed by atoms with Crippen molar-refractivity contribution in [2.45, 2.75) is 25.6 Å². The van der Waals surface area contributed by atoms with Crippen molar-refractivity contribution in [2.75, 3.05) is 0 Å². The molecule has 0 spiro atoms. The third kappa shape index (κ3) is 1.04. The monoisotopic (exact) mass is 142 g/mol. The van der Waals surface area contributed by atoms with Crippen LogP contribution in [0.1, 0.15) is 13.8 Å². The molecular weight excluding hydrogens is 132 g/mol. The molecule has 1 aliphatic heterocycles. The van der Waals surface area contributed by atoms with Gasteiger partial charge in [0, 0.05) is 6.08 Å². The minimum atomic E-state index is -1.03. The molecule has 56 valence electrons. The highest BCUT2D eigenvalue weighted by Crippen LogP contribution is 2.19. The van der Waals surface area contributed by atoms with Crippen LogP contribution in [0.15, 0.2) is 12.3 Å². The van der Waals surface area contributed by atoms with Crippen LogP contribution in [-0.2, 0) is 9.53 Å². The fourth-order valence-corrected chi connectivity index (χ4v) is 0.775. The molecular formula is C7H10O3. The number of aliphatic hydroxyl groups is 1. The van der Waals surface area contributed by atoms with Crippen LogP contribution in [-0.4, -0.2) is 22.6 Å². The molecule has 0 fully saturated rings. The number of rotatable bonds is 0. The smallest absolute Gasteiger partial charge is 0.191 e. The van der Waals surface area contributed by atoms with Gasteiger partial charge in [-0.25, -0.2) is 0 Å². The van der Waals surface area contributed by atoms with E-state index in [4.69, 9.17) is 4.74 Å². The van der Waals surface area contributed by atoms with Crippen molar-refractivity contribution in [3.63, 3.8) is 0 Å². The Morgan fingerprint density at radius 3 is 2.70 bits per heavy atom. The van der Waals surface area contributed by atoms with E-state index >= 15 is 0 Å². The van der Waals surface area contributed by atoms with Crippen molar-refractivity contribution in [3.8, 4) is 0 Å². The number of ether oxygens (including phenoxy) is 1. The highest BCUT2D eigenvalue weighted by Gasteiger charge is 2.35. The first-order valence-electron chi connectivity index (χ1n) is 3.10. The Morgan fingerprint density at radius 1 is 1.70 bits per heavy atom. The first kappa shape index (κ1) is 7.28. The van der Waals surface area contributed by atoms with Gasteiger partial charge in [0.15, 0.2) is 11.9 Å². The van der Waals surface area contributed by atoms with Crippen molar-refractivity contribution in [1.29, 1.82) is 0 Å². The highest BCUT2D eigenvalue weighted by molar-refractivity contribution is 5.94. The van der Waals surface area contributed by atoms with E-state index in [0.717, 1.165) is 0 Å². The highest BCUT2D eigenvalue weighted by atomic mass is 16.5. The topological polar surface area (TPSA) is 46.5 Å². The summed E-state index contributed by atoms with van der Waals surface area (Å²) in [5, 5.41) is 9.18. The van der Waals surface area contributed by atoms with Crippen LogP contribution < -0.4 is 0 Å². The van der Waals surface area contributed by atoms with Crippen molar-refractivity contribution in [3.05, 3.63) is 12.3 Å². The molecule has 10 heavy (non-hydrogen) atoms. The van der Waals surface area contributed by atoms with E-state index in [0.29, 0.717) is 0 Å². The molecule has 1 heterocycles. The molecule has 1 rings (SSSR count). The van der Waals surface area contributed by atoms with E-state index in [2.05, 4.69) is 0 Å². The van der Waals surface area contributed by atoms with Crippen LogP contribution in [0.3, 0.4) is 0 Å². The molecule has 0 saturated carbocycles. The van der Waals surface area contributed by atoms with E-state index in [9.17, 15) is 9.90 Å². The lowest BCUT2D eigenvalue weighted by atomic mass is 9.96. The first-order valence-corrected chi connectivity index (χ1v) is 3.10. The Hall–Kier alpha value is -0.830. The van der Waals surface area contributed by atoms with Crippen LogP contribution in [0.4, 0.5) is 0 Å². The number of carbonyl (C=O) groups excluding carboxylic acids is 1. The third-order valence-electron chi connectivity index (χ3n) is 1.53. The van der Waals surface area contributed by atoms with Crippen molar-refractivity contribution in [1.82, 2.24) is 0 Å². The number of hydrogen-bond acceptors (Lipinski definition) is 3. The maximum Gasteiger partial charge on any atom is 0.191 e. The van der Waals surface area contributed by atoms with Gasteiger partial charge in [-0.2, -0.15) is 0 Å². The summed E-state index contributed by atoms with van der Waals surface area (Å²) in [5.74, 6) is -0.295. The largest absolute Gasteiger partial charge is 0.492 e. The van der Waals surface area contributed by atoms with Gasteiger partial charge in [0.25, 0.3) is 0 Å². The normalized spacial score (nSPS) is 29.9.